The Bertz CT molecular complexity index is 150. The lowest BCUT2D eigenvalue weighted by Gasteiger charge is -1.82. The highest BCUT2D eigenvalue weighted by Crippen LogP contribution is 2.73. The highest BCUT2D eigenvalue weighted by atomic mass is 16.3. The Kier molecular flexibility index (Phi) is 0.575. The van der Waals surface area contributed by atoms with Crippen LogP contribution in [-0.2, 0) is 0 Å². The molecule has 0 aromatic heterocycles. The van der Waals surface area contributed by atoms with E-state index < -0.39 is 0 Å². The van der Waals surface area contributed by atoms with Crippen LogP contribution in [-0.4, -0.2) is 11.7 Å². The van der Waals surface area contributed by atoms with E-state index in [9.17, 15) is 0 Å². The van der Waals surface area contributed by atoms with Gasteiger partial charge in [-0.2, -0.15) is 0 Å². The molecule has 1 N–H and O–H groups in total. The molecule has 0 aromatic rings. The van der Waals surface area contributed by atoms with E-state index in [1.54, 1.807) is 0 Å². The van der Waals surface area contributed by atoms with E-state index in [0.717, 1.165) is 0 Å². The zero-order valence-electron chi connectivity index (χ0n) is 4.85. The van der Waals surface area contributed by atoms with Gasteiger partial charge in [0.05, 0.1) is 0 Å². The molecule has 2 saturated carbocycles. The minimum atomic E-state index is 0.374. The van der Waals surface area contributed by atoms with Gasteiger partial charge in [0.1, 0.15) is 0 Å². The van der Waals surface area contributed by atoms with Crippen LogP contribution in [0.3, 0.4) is 0 Å². The third kappa shape index (κ3) is 0.324. The predicted molar refractivity (Wildman–Crippen MR) is 31.4 cm³/mol. The maximum atomic E-state index is 8.66. The number of aliphatic hydroxyl groups is 1. The van der Waals surface area contributed by atoms with Crippen LogP contribution in [0.15, 0.2) is 12.2 Å². The topological polar surface area (TPSA) is 20.2 Å². The molecule has 1 nitrogen and oxygen atoms in total. The third-order valence-electron chi connectivity index (χ3n) is 2.56. The number of rotatable bonds is 1. The van der Waals surface area contributed by atoms with E-state index in [1.165, 1.54) is 18.4 Å². The van der Waals surface area contributed by atoms with Gasteiger partial charge in [0.2, 0.25) is 0 Å². The van der Waals surface area contributed by atoms with E-state index in [1.807, 2.05) is 0 Å². The van der Waals surface area contributed by atoms with Crippen molar-refractivity contribution in [1.29, 1.82) is 0 Å². The molecule has 2 aliphatic carbocycles. The highest BCUT2D eigenvalue weighted by molar-refractivity contribution is 5.39. The van der Waals surface area contributed by atoms with Gasteiger partial charge in [-0.15, -0.1) is 0 Å². The van der Waals surface area contributed by atoms with Crippen LogP contribution in [0.4, 0.5) is 0 Å². The summed E-state index contributed by atoms with van der Waals surface area (Å²) in [6.07, 6.45) is 2.40. The summed E-state index contributed by atoms with van der Waals surface area (Å²) in [5.74, 6) is 0.593. The number of hydrogen-bond donors (Lipinski definition) is 1. The number of allylic oxidation sites excluding steroid dienone is 1. The van der Waals surface area contributed by atoms with Crippen LogP contribution in [0, 0.1) is 11.3 Å². The Morgan fingerprint density at radius 3 is 2.62 bits per heavy atom. The maximum absolute atomic E-state index is 8.66. The van der Waals surface area contributed by atoms with Gasteiger partial charge in [0.25, 0.3) is 0 Å². The van der Waals surface area contributed by atoms with Gasteiger partial charge in [0, 0.05) is 12.0 Å². The van der Waals surface area contributed by atoms with Crippen LogP contribution in [0.2, 0.25) is 0 Å². The quantitative estimate of drug-likeness (QED) is 0.498. The molecule has 2 rings (SSSR count). The van der Waals surface area contributed by atoms with Crippen LogP contribution in [0.1, 0.15) is 12.8 Å². The molecule has 0 radical (unpaired) electrons. The molecule has 1 spiro atoms. The minimum absolute atomic E-state index is 0.374. The normalized spacial score (nSPS) is 50.1. The molecule has 44 valence electrons. The van der Waals surface area contributed by atoms with E-state index in [4.69, 9.17) is 5.11 Å². The molecule has 0 bridgehead atoms. The second-order valence-electron chi connectivity index (χ2n) is 3.02. The molecular formula is C7H10O. The first-order valence-electron chi connectivity index (χ1n) is 3.09. The largest absolute Gasteiger partial charge is 0.396 e. The minimum Gasteiger partial charge on any atom is -0.396 e. The lowest BCUT2D eigenvalue weighted by molar-refractivity contribution is 0.268. The zero-order valence-corrected chi connectivity index (χ0v) is 4.85. The maximum Gasteiger partial charge on any atom is 0.0468 e. The SMILES string of the molecule is C=C1C[C@@]12C[C@@H]2CO. The summed E-state index contributed by atoms with van der Waals surface area (Å²) < 4.78 is 0. The predicted octanol–water partition coefficient (Wildman–Crippen LogP) is 0.945. The summed E-state index contributed by atoms with van der Waals surface area (Å²) in [5, 5.41) is 8.66. The highest BCUT2D eigenvalue weighted by Gasteiger charge is 2.65. The Morgan fingerprint density at radius 2 is 2.50 bits per heavy atom. The van der Waals surface area contributed by atoms with Crippen molar-refractivity contribution in [3.63, 3.8) is 0 Å². The standard InChI is InChI=1S/C7H10O/c1-5-2-7(5)3-6(7)4-8/h6,8H,1-4H2/t6-,7-/m1/s1. The van der Waals surface area contributed by atoms with Crippen molar-refractivity contribution in [2.45, 2.75) is 12.8 Å². The zero-order chi connectivity index (χ0) is 5.78. The first-order valence-corrected chi connectivity index (χ1v) is 3.09. The van der Waals surface area contributed by atoms with Crippen molar-refractivity contribution in [3.05, 3.63) is 12.2 Å². The Morgan fingerprint density at radius 1 is 1.88 bits per heavy atom. The monoisotopic (exact) mass is 110 g/mol. The molecule has 0 saturated heterocycles. The van der Waals surface area contributed by atoms with Crippen molar-refractivity contribution >= 4 is 0 Å². The average Bonchev–Trinajstić information content (AvgIpc) is 2.55. The van der Waals surface area contributed by atoms with Gasteiger partial charge in [-0.1, -0.05) is 12.2 Å². The molecule has 0 heterocycles. The molecule has 2 fully saturated rings. The molecule has 2 aliphatic rings. The Labute approximate surface area is 49.0 Å². The smallest absolute Gasteiger partial charge is 0.0468 e. The molecule has 1 heteroatoms. The average molecular weight is 110 g/mol. The second-order valence-corrected chi connectivity index (χ2v) is 3.02. The van der Waals surface area contributed by atoms with Gasteiger partial charge >= 0.3 is 0 Å². The van der Waals surface area contributed by atoms with Crippen molar-refractivity contribution < 1.29 is 5.11 Å². The lowest BCUT2D eigenvalue weighted by atomic mass is 10.3. The van der Waals surface area contributed by atoms with Crippen LogP contribution >= 0.6 is 0 Å². The Hall–Kier alpha value is -0.300. The van der Waals surface area contributed by atoms with Gasteiger partial charge in [-0.25, -0.2) is 0 Å². The van der Waals surface area contributed by atoms with E-state index in [2.05, 4.69) is 6.58 Å². The van der Waals surface area contributed by atoms with Crippen LogP contribution in [0.25, 0.3) is 0 Å². The molecule has 0 aliphatic heterocycles. The van der Waals surface area contributed by atoms with Crippen LogP contribution < -0.4 is 0 Å². The summed E-state index contributed by atoms with van der Waals surface area (Å²) in [7, 11) is 0. The fourth-order valence-corrected chi connectivity index (χ4v) is 1.61. The molecule has 0 aromatic carbocycles. The van der Waals surface area contributed by atoms with Crippen molar-refractivity contribution in [2.24, 2.45) is 11.3 Å². The summed E-state index contributed by atoms with van der Waals surface area (Å²) in [5.41, 5.74) is 1.85. The van der Waals surface area contributed by atoms with E-state index in [-0.39, 0.29) is 0 Å². The van der Waals surface area contributed by atoms with Gasteiger partial charge in [0.15, 0.2) is 0 Å². The molecular weight excluding hydrogens is 100 g/mol. The summed E-state index contributed by atoms with van der Waals surface area (Å²) in [4.78, 5) is 0. The molecule has 0 amide bonds. The third-order valence-corrected chi connectivity index (χ3v) is 2.56. The second kappa shape index (κ2) is 1.01. The van der Waals surface area contributed by atoms with Crippen molar-refractivity contribution in [1.82, 2.24) is 0 Å². The van der Waals surface area contributed by atoms with Gasteiger partial charge in [-0.3, -0.25) is 0 Å². The van der Waals surface area contributed by atoms with Gasteiger partial charge in [-0.05, 0) is 18.8 Å². The number of hydrogen-bond acceptors (Lipinski definition) is 1. The molecule has 8 heavy (non-hydrogen) atoms. The summed E-state index contributed by atoms with van der Waals surface area (Å²) in [6.45, 7) is 4.24. The van der Waals surface area contributed by atoms with Crippen molar-refractivity contribution in [2.75, 3.05) is 6.61 Å². The van der Waals surface area contributed by atoms with Crippen LogP contribution in [0.5, 0.6) is 0 Å². The summed E-state index contributed by atoms with van der Waals surface area (Å²) in [6, 6.07) is 0. The lowest BCUT2D eigenvalue weighted by Crippen LogP contribution is -1.86. The Balaban J connectivity index is 2.07. The van der Waals surface area contributed by atoms with E-state index >= 15 is 0 Å². The molecule has 2 atom stereocenters. The first-order chi connectivity index (χ1) is 3.79. The van der Waals surface area contributed by atoms with E-state index in [0.29, 0.717) is 17.9 Å². The fraction of sp³-hybridized carbons (Fsp3) is 0.714. The van der Waals surface area contributed by atoms with Crippen molar-refractivity contribution in [3.8, 4) is 0 Å². The number of aliphatic hydroxyl groups excluding tert-OH is 1. The summed E-state index contributed by atoms with van der Waals surface area (Å²) >= 11 is 0. The molecule has 0 unspecified atom stereocenters. The van der Waals surface area contributed by atoms with Gasteiger partial charge < -0.3 is 5.11 Å². The first kappa shape index (κ1) is 4.57. The fourth-order valence-electron chi connectivity index (χ4n) is 1.61.